The van der Waals surface area contributed by atoms with Crippen LogP contribution in [0.15, 0.2) is 30.5 Å². The van der Waals surface area contributed by atoms with Gasteiger partial charge in [-0.2, -0.15) is 0 Å². The molecule has 0 aliphatic heterocycles. The molecule has 8 nitrogen and oxygen atoms in total. The van der Waals surface area contributed by atoms with Crippen molar-refractivity contribution in [3.63, 3.8) is 0 Å². The van der Waals surface area contributed by atoms with Gasteiger partial charge in [-0.1, -0.05) is 19.9 Å². The van der Waals surface area contributed by atoms with Gasteiger partial charge in [0.05, 0.1) is 7.11 Å². The number of methoxy groups -OCH3 is 1. The smallest absolute Gasteiger partial charge is 0.332 e. The van der Waals surface area contributed by atoms with Crippen molar-refractivity contribution in [1.29, 1.82) is 0 Å². The lowest BCUT2D eigenvalue weighted by Gasteiger charge is -2.32. The number of esters is 2. The molecule has 2 aliphatic carbocycles. The Balaban J connectivity index is 1.48. The zero-order valence-corrected chi connectivity index (χ0v) is 19.4. The van der Waals surface area contributed by atoms with Gasteiger partial charge in [-0.25, -0.2) is 14.2 Å². The summed E-state index contributed by atoms with van der Waals surface area (Å²) in [6, 6.07) is 6.14. The monoisotopic (exact) mass is 470 g/mol. The van der Waals surface area contributed by atoms with Crippen LogP contribution in [0.4, 0.5) is 4.39 Å². The molecule has 1 N–H and O–H groups in total. The summed E-state index contributed by atoms with van der Waals surface area (Å²) in [7, 11) is 1.39. The number of ether oxygens (including phenoxy) is 3. The molecule has 1 fully saturated rings. The number of amides is 1. The maximum Gasteiger partial charge on any atom is 0.332 e. The van der Waals surface area contributed by atoms with Crippen LogP contribution in [-0.2, 0) is 20.7 Å². The van der Waals surface area contributed by atoms with Crippen molar-refractivity contribution in [2.45, 2.75) is 63.5 Å². The van der Waals surface area contributed by atoms with E-state index >= 15 is 0 Å². The first-order valence-corrected chi connectivity index (χ1v) is 11.3. The van der Waals surface area contributed by atoms with Crippen molar-refractivity contribution >= 4 is 17.8 Å². The van der Waals surface area contributed by atoms with Crippen LogP contribution < -0.4 is 14.8 Å². The Labute approximate surface area is 196 Å². The largest absolute Gasteiger partial charge is 0.493 e. The van der Waals surface area contributed by atoms with Crippen LogP contribution in [0, 0.1) is 5.82 Å². The Morgan fingerprint density at radius 1 is 1.24 bits per heavy atom. The standard InChI is InChI=1S/C25H27FN2O6/c1-4-20(29)34-22-19(32-3)9-12-27-21(22)23(30)28-25(10-11-25)24(31)33-18-8-5-15-13-16(26)6-7-17(15)14(18)2/h6-7,9,12-14,18H,4-5,8,10-11H2,1-3H3,(H,28,30). The molecule has 0 bridgehead atoms. The van der Waals surface area contributed by atoms with Crippen molar-refractivity contribution < 1.29 is 33.0 Å². The summed E-state index contributed by atoms with van der Waals surface area (Å²) in [4.78, 5) is 42.0. The molecule has 1 aromatic carbocycles. The van der Waals surface area contributed by atoms with E-state index in [0.29, 0.717) is 25.7 Å². The molecule has 34 heavy (non-hydrogen) atoms. The molecule has 0 saturated heterocycles. The predicted molar refractivity (Wildman–Crippen MR) is 119 cm³/mol. The van der Waals surface area contributed by atoms with Crippen molar-refractivity contribution in [3.05, 3.63) is 53.1 Å². The molecule has 180 valence electrons. The summed E-state index contributed by atoms with van der Waals surface area (Å²) in [5.41, 5.74) is 0.577. The highest BCUT2D eigenvalue weighted by molar-refractivity contribution is 6.00. The first-order chi connectivity index (χ1) is 16.3. The molecule has 1 aromatic heterocycles. The fraction of sp³-hybridized carbons (Fsp3) is 0.440. The number of carbonyl (C=O) groups is 3. The number of aromatic nitrogens is 1. The SMILES string of the molecule is CCC(=O)Oc1c(OC)ccnc1C(=O)NC1(C(=O)OC2CCc3cc(F)ccc3C2C)CC1. The van der Waals surface area contributed by atoms with Crippen LogP contribution in [0.25, 0.3) is 0 Å². The fourth-order valence-corrected chi connectivity index (χ4v) is 4.21. The van der Waals surface area contributed by atoms with E-state index in [4.69, 9.17) is 14.2 Å². The molecule has 0 radical (unpaired) electrons. The average Bonchev–Trinajstić information content (AvgIpc) is 3.61. The zero-order chi connectivity index (χ0) is 24.5. The van der Waals surface area contributed by atoms with E-state index < -0.39 is 23.4 Å². The number of nitrogens with one attached hydrogen (secondary N) is 1. The van der Waals surface area contributed by atoms with Crippen molar-refractivity contribution in [2.24, 2.45) is 0 Å². The van der Waals surface area contributed by atoms with Crippen LogP contribution in [0.1, 0.15) is 67.1 Å². The molecule has 2 aromatic rings. The summed E-state index contributed by atoms with van der Waals surface area (Å²) >= 11 is 0. The highest BCUT2D eigenvalue weighted by Gasteiger charge is 2.54. The van der Waals surface area contributed by atoms with Crippen LogP contribution in [0.3, 0.4) is 0 Å². The van der Waals surface area contributed by atoms with E-state index in [0.717, 1.165) is 11.1 Å². The average molecular weight is 470 g/mol. The highest BCUT2D eigenvalue weighted by Crippen LogP contribution is 2.41. The van der Waals surface area contributed by atoms with E-state index in [1.165, 1.54) is 31.5 Å². The first-order valence-electron chi connectivity index (χ1n) is 11.3. The first kappa shape index (κ1) is 23.7. The van der Waals surface area contributed by atoms with Gasteiger partial charge in [0.1, 0.15) is 17.5 Å². The minimum Gasteiger partial charge on any atom is -0.493 e. The molecule has 4 rings (SSSR count). The normalized spacial score (nSPS) is 20.0. The molecule has 2 aliphatic rings. The molecule has 1 heterocycles. The number of pyridine rings is 1. The number of benzene rings is 1. The second-order valence-corrected chi connectivity index (χ2v) is 8.67. The van der Waals surface area contributed by atoms with Gasteiger partial charge in [-0.3, -0.25) is 9.59 Å². The van der Waals surface area contributed by atoms with Gasteiger partial charge in [0.2, 0.25) is 5.75 Å². The van der Waals surface area contributed by atoms with E-state index in [1.54, 1.807) is 13.0 Å². The lowest BCUT2D eigenvalue weighted by molar-refractivity contribution is -0.154. The van der Waals surface area contributed by atoms with Gasteiger partial charge in [0.25, 0.3) is 5.91 Å². The predicted octanol–water partition coefficient (Wildman–Crippen LogP) is 3.47. The van der Waals surface area contributed by atoms with Crippen LogP contribution in [0.5, 0.6) is 11.5 Å². The summed E-state index contributed by atoms with van der Waals surface area (Å²) in [5.74, 6) is -2.02. The fourth-order valence-electron chi connectivity index (χ4n) is 4.21. The molecular weight excluding hydrogens is 443 g/mol. The summed E-state index contributed by atoms with van der Waals surface area (Å²) < 4.78 is 29.9. The van der Waals surface area contributed by atoms with Gasteiger partial charge < -0.3 is 19.5 Å². The molecule has 1 amide bonds. The number of halogens is 1. The third-order valence-corrected chi connectivity index (χ3v) is 6.41. The van der Waals surface area contributed by atoms with Gasteiger partial charge in [-0.15, -0.1) is 0 Å². The Morgan fingerprint density at radius 2 is 2.00 bits per heavy atom. The van der Waals surface area contributed by atoms with Crippen molar-refractivity contribution in [2.75, 3.05) is 7.11 Å². The summed E-state index contributed by atoms with van der Waals surface area (Å²) in [6.45, 7) is 3.57. The molecule has 0 spiro atoms. The van der Waals surface area contributed by atoms with Gasteiger partial charge in [0.15, 0.2) is 11.4 Å². The van der Waals surface area contributed by atoms with Gasteiger partial charge in [-0.05, 0) is 48.9 Å². The lowest BCUT2D eigenvalue weighted by Crippen LogP contribution is -2.46. The van der Waals surface area contributed by atoms with Crippen LogP contribution >= 0.6 is 0 Å². The second-order valence-electron chi connectivity index (χ2n) is 8.67. The molecule has 1 saturated carbocycles. The minimum atomic E-state index is -1.16. The number of nitrogens with zero attached hydrogens (tertiary/aromatic N) is 1. The highest BCUT2D eigenvalue weighted by atomic mass is 19.1. The van der Waals surface area contributed by atoms with Crippen LogP contribution in [0.2, 0.25) is 0 Å². The van der Waals surface area contributed by atoms with Crippen molar-refractivity contribution in [1.82, 2.24) is 10.3 Å². The summed E-state index contributed by atoms with van der Waals surface area (Å²) in [5, 5.41) is 2.73. The van der Waals surface area contributed by atoms with Gasteiger partial charge in [0, 0.05) is 24.6 Å². The number of rotatable bonds is 7. The second kappa shape index (κ2) is 9.40. The van der Waals surface area contributed by atoms with E-state index in [9.17, 15) is 18.8 Å². The summed E-state index contributed by atoms with van der Waals surface area (Å²) in [6.07, 6.45) is 3.11. The third-order valence-electron chi connectivity index (χ3n) is 6.41. The number of hydrogen-bond donors (Lipinski definition) is 1. The Morgan fingerprint density at radius 3 is 2.68 bits per heavy atom. The number of hydrogen-bond acceptors (Lipinski definition) is 7. The van der Waals surface area contributed by atoms with Gasteiger partial charge >= 0.3 is 11.9 Å². The molecule has 2 atom stereocenters. The Bertz CT molecular complexity index is 1130. The van der Waals surface area contributed by atoms with Crippen molar-refractivity contribution in [3.8, 4) is 11.5 Å². The molecule has 9 heteroatoms. The molecule has 2 unspecified atom stereocenters. The molecular formula is C25H27FN2O6. The maximum atomic E-state index is 13.6. The van der Waals surface area contributed by atoms with E-state index in [1.807, 2.05) is 6.92 Å². The number of aryl methyl sites for hydroxylation is 1. The van der Waals surface area contributed by atoms with E-state index in [2.05, 4.69) is 10.3 Å². The topological polar surface area (TPSA) is 104 Å². The third kappa shape index (κ3) is 4.60. The Hall–Kier alpha value is -3.49. The number of fused-ring (bicyclic) bond motifs is 1. The van der Waals surface area contributed by atoms with Crippen LogP contribution in [-0.4, -0.2) is 41.6 Å². The minimum absolute atomic E-state index is 0.0942. The number of carbonyl (C=O) groups excluding carboxylic acids is 3. The zero-order valence-electron chi connectivity index (χ0n) is 19.4. The Kier molecular flexibility index (Phi) is 6.54. The lowest BCUT2D eigenvalue weighted by atomic mass is 9.81. The quantitative estimate of drug-likeness (QED) is 0.618. The maximum absolute atomic E-state index is 13.6. The van der Waals surface area contributed by atoms with E-state index in [-0.39, 0.29) is 41.5 Å².